The quantitative estimate of drug-likeness (QED) is 0.556. The molecule has 0 unspecified atom stereocenters. The van der Waals surface area contributed by atoms with E-state index in [-0.39, 0.29) is 18.8 Å². The second-order valence-electron chi connectivity index (χ2n) is 6.35. The van der Waals surface area contributed by atoms with Gasteiger partial charge >= 0.3 is 11.9 Å². The van der Waals surface area contributed by atoms with Gasteiger partial charge in [-0.25, -0.2) is 4.79 Å². The Balaban J connectivity index is 2.12. The van der Waals surface area contributed by atoms with Crippen molar-refractivity contribution in [2.45, 2.75) is 33.9 Å². The number of aryl methyl sites for hydroxylation is 2. The van der Waals surface area contributed by atoms with Gasteiger partial charge < -0.3 is 14.0 Å². The Bertz CT molecular complexity index is 1190. The predicted molar refractivity (Wildman–Crippen MR) is 110 cm³/mol. The van der Waals surface area contributed by atoms with Crippen LogP contribution in [0.25, 0.3) is 10.2 Å². The summed E-state index contributed by atoms with van der Waals surface area (Å²) in [5, 5.41) is 4.26. The van der Waals surface area contributed by atoms with Crippen LogP contribution < -0.4 is 4.80 Å². The first-order valence-electron chi connectivity index (χ1n) is 9.38. The molecule has 0 radical (unpaired) electrons. The third-order valence-electron chi connectivity index (χ3n) is 4.39. The minimum atomic E-state index is -0.511. The lowest BCUT2D eigenvalue weighted by Gasteiger charge is -2.05. The minimum Gasteiger partial charge on any atom is -0.465 e. The summed E-state index contributed by atoms with van der Waals surface area (Å²) in [5.41, 5.74) is 2.10. The maximum absolute atomic E-state index is 12.7. The van der Waals surface area contributed by atoms with Gasteiger partial charge in [-0.2, -0.15) is 10.1 Å². The fourth-order valence-corrected chi connectivity index (χ4v) is 4.04. The highest BCUT2D eigenvalue weighted by Gasteiger charge is 2.16. The van der Waals surface area contributed by atoms with E-state index in [1.807, 2.05) is 13.8 Å². The van der Waals surface area contributed by atoms with Gasteiger partial charge in [-0.05, 0) is 45.0 Å². The summed E-state index contributed by atoms with van der Waals surface area (Å²) < 4.78 is 13.8. The van der Waals surface area contributed by atoms with Gasteiger partial charge in [-0.3, -0.25) is 14.3 Å². The van der Waals surface area contributed by atoms with Crippen molar-refractivity contribution in [3.8, 4) is 0 Å². The van der Waals surface area contributed by atoms with Crippen LogP contribution in [0, 0.1) is 6.92 Å². The van der Waals surface area contributed by atoms with Crippen molar-refractivity contribution in [1.82, 2.24) is 14.3 Å². The number of fused-ring (bicyclic) bond motifs is 1. The Morgan fingerprint density at radius 1 is 1.20 bits per heavy atom. The molecule has 2 aromatic heterocycles. The van der Waals surface area contributed by atoms with Gasteiger partial charge in [0, 0.05) is 12.2 Å². The molecule has 0 saturated heterocycles. The van der Waals surface area contributed by atoms with Crippen LogP contribution in [0.15, 0.2) is 29.3 Å². The Morgan fingerprint density at radius 3 is 2.60 bits per heavy atom. The number of ether oxygens (including phenoxy) is 2. The number of benzene rings is 1. The minimum absolute atomic E-state index is 0.111. The fraction of sp³-hybridized carbons (Fsp3) is 0.350. The number of thiazole rings is 1. The summed E-state index contributed by atoms with van der Waals surface area (Å²) >= 11 is 1.19. The number of esters is 2. The maximum Gasteiger partial charge on any atom is 0.337 e. The molecule has 3 aromatic rings. The highest BCUT2D eigenvalue weighted by atomic mass is 32.1. The molecule has 0 fully saturated rings. The molecule has 0 saturated carbocycles. The molecular formula is C20H22N4O5S. The Kier molecular flexibility index (Phi) is 6.46. The zero-order chi connectivity index (χ0) is 21.8. The van der Waals surface area contributed by atoms with E-state index in [2.05, 4.69) is 10.1 Å². The average molecular weight is 430 g/mol. The lowest BCUT2D eigenvalue weighted by molar-refractivity contribution is -0.143. The van der Waals surface area contributed by atoms with Gasteiger partial charge in [0.25, 0.3) is 5.91 Å². The van der Waals surface area contributed by atoms with Crippen LogP contribution >= 0.6 is 11.3 Å². The number of hydrogen-bond donors (Lipinski definition) is 0. The Labute approximate surface area is 176 Å². The molecule has 1 amide bonds. The number of amides is 1. The molecule has 0 aliphatic carbocycles. The van der Waals surface area contributed by atoms with Gasteiger partial charge in [0.15, 0.2) is 10.5 Å². The van der Waals surface area contributed by atoms with Crippen LogP contribution in [0.3, 0.4) is 0 Å². The highest BCUT2D eigenvalue weighted by Crippen LogP contribution is 2.20. The lowest BCUT2D eigenvalue weighted by Crippen LogP contribution is -2.23. The normalized spacial score (nSPS) is 11.7. The van der Waals surface area contributed by atoms with Crippen molar-refractivity contribution in [3.63, 3.8) is 0 Å². The van der Waals surface area contributed by atoms with Crippen molar-refractivity contribution in [1.29, 1.82) is 0 Å². The summed E-state index contributed by atoms with van der Waals surface area (Å²) in [6.07, 6.45) is 0. The van der Waals surface area contributed by atoms with Crippen LogP contribution in [0.1, 0.15) is 40.4 Å². The first kappa shape index (κ1) is 21.4. The number of nitrogens with zero attached hydrogens (tertiary/aromatic N) is 4. The molecule has 0 aliphatic heterocycles. The third kappa shape index (κ3) is 4.33. The first-order chi connectivity index (χ1) is 14.4. The van der Waals surface area contributed by atoms with Gasteiger partial charge in [0.05, 0.1) is 29.5 Å². The largest absolute Gasteiger partial charge is 0.465 e. The highest BCUT2D eigenvalue weighted by molar-refractivity contribution is 7.16. The Hall–Kier alpha value is -3.27. The zero-order valence-corrected chi connectivity index (χ0v) is 18.0. The number of hydrogen-bond acceptors (Lipinski definition) is 7. The van der Waals surface area contributed by atoms with Crippen molar-refractivity contribution >= 4 is 39.4 Å². The van der Waals surface area contributed by atoms with Gasteiger partial charge in [0.2, 0.25) is 0 Å². The summed E-state index contributed by atoms with van der Waals surface area (Å²) in [6, 6.07) is 6.61. The van der Waals surface area contributed by atoms with Crippen molar-refractivity contribution in [2.24, 2.45) is 4.99 Å². The molecular weight excluding hydrogens is 408 g/mol. The molecule has 30 heavy (non-hydrogen) atoms. The molecule has 158 valence electrons. The Morgan fingerprint density at radius 2 is 1.97 bits per heavy atom. The summed E-state index contributed by atoms with van der Waals surface area (Å²) in [6.45, 7) is 6.29. The molecule has 0 atom stereocenters. The number of methoxy groups -OCH3 is 1. The van der Waals surface area contributed by atoms with Crippen molar-refractivity contribution in [2.75, 3.05) is 13.7 Å². The standard InChI is InChI=1S/C20H22N4O5S/c1-5-24-12(3)9-14(22-24)18(26)21-20-23(11-17(25)29-6-2)15-8-7-13(19(27)28-4)10-16(15)30-20/h7-10H,5-6,11H2,1-4H3. The molecule has 1 aromatic carbocycles. The molecule has 3 rings (SSSR count). The van der Waals surface area contributed by atoms with Gasteiger partial charge in [-0.1, -0.05) is 11.3 Å². The van der Waals surface area contributed by atoms with Crippen LogP contribution in [0.5, 0.6) is 0 Å². The second-order valence-corrected chi connectivity index (χ2v) is 7.36. The van der Waals surface area contributed by atoms with E-state index >= 15 is 0 Å². The first-order valence-corrected chi connectivity index (χ1v) is 10.2. The molecule has 10 heteroatoms. The van der Waals surface area contributed by atoms with E-state index in [0.29, 0.717) is 27.1 Å². The van der Waals surface area contributed by atoms with E-state index in [0.717, 1.165) is 5.69 Å². The molecule has 0 aliphatic rings. The van der Waals surface area contributed by atoms with Gasteiger partial charge in [0.1, 0.15) is 6.54 Å². The number of aromatic nitrogens is 3. The average Bonchev–Trinajstić information content (AvgIpc) is 3.27. The molecule has 0 N–H and O–H groups in total. The lowest BCUT2D eigenvalue weighted by atomic mass is 10.2. The van der Waals surface area contributed by atoms with Crippen LogP contribution in [-0.4, -0.2) is 45.9 Å². The smallest absolute Gasteiger partial charge is 0.337 e. The van der Waals surface area contributed by atoms with Crippen molar-refractivity contribution in [3.05, 3.63) is 46.0 Å². The second kappa shape index (κ2) is 9.04. The summed E-state index contributed by atoms with van der Waals surface area (Å²) in [5.74, 6) is -1.44. The van der Waals surface area contributed by atoms with Crippen LogP contribution in [-0.2, 0) is 27.4 Å². The van der Waals surface area contributed by atoms with Crippen LogP contribution in [0.4, 0.5) is 0 Å². The van der Waals surface area contributed by atoms with E-state index in [4.69, 9.17) is 9.47 Å². The number of rotatable bonds is 6. The van der Waals surface area contributed by atoms with E-state index in [1.165, 1.54) is 18.4 Å². The van der Waals surface area contributed by atoms with E-state index in [9.17, 15) is 14.4 Å². The SMILES string of the molecule is CCOC(=O)Cn1c(=NC(=O)c2cc(C)n(CC)n2)sc2cc(C(=O)OC)ccc21. The number of carbonyl (C=O) groups is 3. The summed E-state index contributed by atoms with van der Waals surface area (Å²) in [4.78, 5) is 41.2. The molecule has 2 heterocycles. The zero-order valence-electron chi connectivity index (χ0n) is 17.2. The molecule has 9 nitrogen and oxygen atoms in total. The monoisotopic (exact) mass is 430 g/mol. The van der Waals surface area contributed by atoms with E-state index in [1.54, 1.807) is 40.4 Å². The molecule has 0 bridgehead atoms. The predicted octanol–water partition coefficient (Wildman–Crippen LogP) is 2.32. The summed E-state index contributed by atoms with van der Waals surface area (Å²) in [7, 11) is 1.30. The van der Waals surface area contributed by atoms with Crippen molar-refractivity contribution < 1.29 is 23.9 Å². The third-order valence-corrected chi connectivity index (χ3v) is 5.43. The van der Waals surface area contributed by atoms with E-state index < -0.39 is 17.8 Å². The maximum atomic E-state index is 12.7. The topological polar surface area (TPSA) is 105 Å². The van der Waals surface area contributed by atoms with Crippen LogP contribution in [0.2, 0.25) is 0 Å². The molecule has 0 spiro atoms. The fourth-order valence-electron chi connectivity index (χ4n) is 2.97. The van der Waals surface area contributed by atoms with Gasteiger partial charge in [-0.15, -0.1) is 0 Å². The number of carbonyl (C=O) groups excluding carboxylic acids is 3.